The predicted octanol–water partition coefficient (Wildman–Crippen LogP) is 5.44. The number of rotatable bonds is 10. The van der Waals surface area contributed by atoms with Crippen molar-refractivity contribution in [3.05, 3.63) is 65.3 Å². The van der Waals surface area contributed by atoms with Crippen molar-refractivity contribution >= 4 is 11.0 Å². The molecule has 6 nitrogen and oxygen atoms in total. The Kier molecular flexibility index (Phi) is 7.14. The fourth-order valence-electron chi connectivity index (χ4n) is 4.35. The van der Waals surface area contributed by atoms with Crippen molar-refractivity contribution in [3.63, 3.8) is 0 Å². The Labute approximate surface area is 196 Å². The van der Waals surface area contributed by atoms with Crippen LogP contribution in [-0.4, -0.2) is 46.9 Å². The lowest BCUT2D eigenvalue weighted by atomic mass is 10.0. The third-order valence-corrected chi connectivity index (χ3v) is 6.04. The van der Waals surface area contributed by atoms with E-state index in [9.17, 15) is 0 Å². The molecule has 0 aliphatic heterocycles. The maximum absolute atomic E-state index is 5.85. The Hall–Kier alpha value is -3.12. The van der Waals surface area contributed by atoms with E-state index in [0.717, 1.165) is 78.6 Å². The molecular formula is C27H34N4O2. The molecule has 0 radical (unpaired) electrons. The topological polar surface area (TPSA) is 56.3 Å². The summed E-state index contributed by atoms with van der Waals surface area (Å²) < 4.78 is 13.5. The van der Waals surface area contributed by atoms with Gasteiger partial charge >= 0.3 is 0 Å². The molecule has 2 aromatic heterocycles. The second-order valence-electron chi connectivity index (χ2n) is 8.82. The molecule has 0 saturated carbocycles. The average molecular weight is 447 g/mol. The first kappa shape index (κ1) is 23.1. The van der Waals surface area contributed by atoms with Crippen LogP contribution in [0.3, 0.4) is 0 Å². The number of ether oxygens (including phenoxy) is 1. The minimum atomic E-state index is 0.744. The van der Waals surface area contributed by atoms with E-state index in [1.807, 2.05) is 13.8 Å². The van der Waals surface area contributed by atoms with Crippen LogP contribution in [0.5, 0.6) is 5.75 Å². The van der Waals surface area contributed by atoms with E-state index in [1.165, 1.54) is 11.1 Å². The normalized spacial score (nSPS) is 11.6. The van der Waals surface area contributed by atoms with Gasteiger partial charge in [0.25, 0.3) is 0 Å². The summed E-state index contributed by atoms with van der Waals surface area (Å²) in [7, 11) is 4.17. The maximum Gasteiger partial charge on any atom is 0.141 e. The third kappa shape index (κ3) is 5.28. The molecule has 0 spiro atoms. The van der Waals surface area contributed by atoms with Gasteiger partial charge in [-0.05, 0) is 83.1 Å². The van der Waals surface area contributed by atoms with Gasteiger partial charge in [-0.3, -0.25) is 0 Å². The van der Waals surface area contributed by atoms with Crippen LogP contribution < -0.4 is 4.74 Å². The molecule has 174 valence electrons. The van der Waals surface area contributed by atoms with Gasteiger partial charge in [-0.15, -0.1) is 0 Å². The van der Waals surface area contributed by atoms with Crippen LogP contribution in [0.4, 0.5) is 0 Å². The van der Waals surface area contributed by atoms with Gasteiger partial charge in [0.15, 0.2) is 0 Å². The maximum atomic E-state index is 5.85. The largest absolute Gasteiger partial charge is 0.494 e. The van der Waals surface area contributed by atoms with E-state index in [4.69, 9.17) is 14.2 Å². The van der Waals surface area contributed by atoms with Crippen LogP contribution in [0, 0.1) is 13.8 Å². The Balaban J connectivity index is 1.45. The summed E-state index contributed by atoms with van der Waals surface area (Å²) in [6, 6.07) is 14.9. The lowest BCUT2D eigenvalue weighted by molar-refractivity contribution is 0.281. The molecule has 0 unspecified atom stereocenters. The number of aromatic nitrogens is 3. The summed E-state index contributed by atoms with van der Waals surface area (Å²) in [5, 5.41) is 4.10. The van der Waals surface area contributed by atoms with E-state index in [0.29, 0.717) is 0 Å². The second-order valence-corrected chi connectivity index (χ2v) is 8.82. The zero-order valence-corrected chi connectivity index (χ0v) is 20.4. The minimum Gasteiger partial charge on any atom is -0.494 e. The van der Waals surface area contributed by atoms with Crippen LogP contribution in [0.15, 0.2) is 47.0 Å². The lowest BCUT2D eigenvalue weighted by Crippen LogP contribution is -2.15. The summed E-state index contributed by atoms with van der Waals surface area (Å²) in [6.45, 7) is 8.79. The monoisotopic (exact) mass is 446 g/mol. The third-order valence-electron chi connectivity index (χ3n) is 6.04. The highest BCUT2D eigenvalue weighted by Crippen LogP contribution is 2.30. The van der Waals surface area contributed by atoms with E-state index < -0.39 is 0 Å². The molecule has 0 aliphatic carbocycles. The average Bonchev–Trinajstić information content (AvgIpc) is 3.33. The van der Waals surface area contributed by atoms with Crippen LogP contribution >= 0.6 is 0 Å². The number of hydrogen-bond acceptors (Lipinski definition) is 5. The van der Waals surface area contributed by atoms with Crippen LogP contribution in [-0.2, 0) is 19.4 Å². The summed E-state index contributed by atoms with van der Waals surface area (Å²) in [4.78, 5) is 7.17. The first-order valence-corrected chi connectivity index (χ1v) is 11.7. The number of hydrogen-bond donors (Lipinski definition) is 0. The van der Waals surface area contributed by atoms with Gasteiger partial charge in [0, 0.05) is 25.1 Å². The predicted molar refractivity (Wildman–Crippen MR) is 133 cm³/mol. The van der Waals surface area contributed by atoms with Crippen LogP contribution in [0.1, 0.15) is 36.2 Å². The minimum absolute atomic E-state index is 0.744. The molecule has 0 amide bonds. The molecule has 2 heterocycles. The van der Waals surface area contributed by atoms with Gasteiger partial charge < -0.3 is 18.7 Å². The molecule has 0 saturated heterocycles. The van der Waals surface area contributed by atoms with E-state index in [1.54, 1.807) is 0 Å². The number of imidazole rings is 1. The van der Waals surface area contributed by atoms with Crippen molar-refractivity contribution in [1.82, 2.24) is 19.6 Å². The molecule has 0 atom stereocenters. The Morgan fingerprint density at radius 2 is 1.82 bits per heavy atom. The molecule has 4 aromatic rings. The van der Waals surface area contributed by atoms with Crippen LogP contribution in [0.25, 0.3) is 22.2 Å². The highest BCUT2D eigenvalue weighted by molar-refractivity contribution is 5.83. The Bertz CT molecular complexity index is 1190. The molecule has 0 N–H and O–H groups in total. The number of benzene rings is 2. The summed E-state index contributed by atoms with van der Waals surface area (Å²) in [5.41, 5.74) is 6.56. The summed E-state index contributed by atoms with van der Waals surface area (Å²) in [5.74, 6) is 2.89. The van der Waals surface area contributed by atoms with E-state index in [2.05, 4.69) is 78.1 Å². The molecule has 33 heavy (non-hydrogen) atoms. The highest BCUT2D eigenvalue weighted by atomic mass is 16.5. The fraction of sp³-hybridized carbons (Fsp3) is 0.407. The zero-order valence-electron chi connectivity index (χ0n) is 20.4. The first-order valence-electron chi connectivity index (χ1n) is 11.7. The van der Waals surface area contributed by atoms with Crippen molar-refractivity contribution in [2.75, 3.05) is 27.2 Å². The lowest BCUT2D eigenvalue weighted by Gasteiger charge is -2.11. The summed E-state index contributed by atoms with van der Waals surface area (Å²) in [6.07, 6.45) is 2.87. The summed E-state index contributed by atoms with van der Waals surface area (Å²) >= 11 is 0. The molecule has 2 aromatic carbocycles. The van der Waals surface area contributed by atoms with Gasteiger partial charge in [-0.2, -0.15) is 0 Å². The number of aryl methyl sites for hydroxylation is 5. The Morgan fingerprint density at radius 1 is 1.03 bits per heavy atom. The van der Waals surface area contributed by atoms with Crippen molar-refractivity contribution in [2.45, 2.75) is 46.6 Å². The molecular weight excluding hydrogens is 412 g/mol. The smallest absolute Gasteiger partial charge is 0.141 e. The molecule has 0 aliphatic rings. The van der Waals surface area contributed by atoms with Crippen molar-refractivity contribution in [2.24, 2.45) is 0 Å². The number of fused-ring (bicyclic) bond motifs is 1. The number of nitrogens with zero attached hydrogens (tertiary/aromatic N) is 4. The molecule has 4 rings (SSSR count). The highest BCUT2D eigenvalue weighted by Gasteiger charge is 2.15. The molecule has 0 bridgehead atoms. The Morgan fingerprint density at radius 3 is 2.48 bits per heavy atom. The van der Waals surface area contributed by atoms with Gasteiger partial charge in [-0.25, -0.2) is 4.98 Å². The van der Waals surface area contributed by atoms with E-state index in [-0.39, 0.29) is 0 Å². The van der Waals surface area contributed by atoms with E-state index >= 15 is 0 Å². The SMILES string of the molecule is CCn1c(CCc2ccc(OCCCN(C)C)cc2)nc2cc(-c3c(C)noc3C)ccc21. The molecule has 6 heteroatoms. The van der Waals surface area contributed by atoms with Crippen LogP contribution in [0.2, 0.25) is 0 Å². The zero-order chi connectivity index (χ0) is 23.4. The second kappa shape index (κ2) is 10.2. The van der Waals surface area contributed by atoms with Crippen molar-refractivity contribution in [1.29, 1.82) is 0 Å². The van der Waals surface area contributed by atoms with Gasteiger partial charge in [0.1, 0.15) is 17.3 Å². The molecule has 0 fully saturated rings. The van der Waals surface area contributed by atoms with Crippen molar-refractivity contribution in [3.8, 4) is 16.9 Å². The standard InChI is InChI=1S/C27H34N4O2/c1-6-31-25-14-11-22(27-19(2)29-33-20(27)3)18-24(25)28-26(31)15-10-21-8-12-23(13-9-21)32-17-7-16-30(4)5/h8-9,11-14,18H,6-7,10,15-17H2,1-5H3. The van der Waals surface area contributed by atoms with Crippen molar-refractivity contribution < 1.29 is 9.26 Å². The van der Waals surface area contributed by atoms with Gasteiger partial charge in [0.2, 0.25) is 0 Å². The van der Waals surface area contributed by atoms with Gasteiger partial charge in [0.05, 0.1) is 23.3 Å². The van der Waals surface area contributed by atoms with Gasteiger partial charge in [-0.1, -0.05) is 23.4 Å². The quantitative estimate of drug-likeness (QED) is 0.304. The fourth-order valence-corrected chi connectivity index (χ4v) is 4.35. The first-order chi connectivity index (χ1) is 16.0.